The lowest BCUT2D eigenvalue weighted by molar-refractivity contribution is -0.286. The summed E-state index contributed by atoms with van der Waals surface area (Å²) in [4.78, 5) is 20.6. The first kappa shape index (κ1) is 17.7. The van der Waals surface area contributed by atoms with Gasteiger partial charge in [-0.2, -0.15) is 0 Å². The van der Waals surface area contributed by atoms with E-state index in [-0.39, 0.29) is 17.4 Å². The highest BCUT2D eigenvalue weighted by atomic mass is 19.3. The topological polar surface area (TPSA) is 73.4 Å². The number of hydrogen-bond acceptors (Lipinski definition) is 5. The number of benzene rings is 1. The number of carbonyl (C=O) groups excluding carboxylic acids is 1. The van der Waals surface area contributed by atoms with E-state index in [1.807, 2.05) is 0 Å². The van der Waals surface area contributed by atoms with Gasteiger partial charge in [0.25, 0.3) is 0 Å². The molecule has 30 heavy (non-hydrogen) atoms. The third-order valence-corrected chi connectivity index (χ3v) is 6.34. The van der Waals surface area contributed by atoms with Crippen molar-refractivity contribution in [3.05, 3.63) is 47.8 Å². The highest BCUT2D eigenvalue weighted by Gasteiger charge is 2.54. The molecule has 3 aromatic rings. The van der Waals surface area contributed by atoms with Gasteiger partial charge in [0.15, 0.2) is 11.5 Å². The molecule has 2 fully saturated rings. The summed E-state index contributed by atoms with van der Waals surface area (Å²) >= 11 is 0. The van der Waals surface area contributed by atoms with E-state index in [4.69, 9.17) is 4.74 Å². The summed E-state index contributed by atoms with van der Waals surface area (Å²) in [7, 11) is 0. The zero-order valence-electron chi connectivity index (χ0n) is 15.9. The molecule has 2 aromatic heterocycles. The van der Waals surface area contributed by atoms with Gasteiger partial charge in [0.05, 0.1) is 17.1 Å². The van der Waals surface area contributed by atoms with Crippen molar-refractivity contribution in [3.63, 3.8) is 0 Å². The van der Waals surface area contributed by atoms with Crippen LogP contribution in [0.4, 0.5) is 8.78 Å². The number of esters is 1. The van der Waals surface area contributed by atoms with E-state index in [9.17, 15) is 13.6 Å². The van der Waals surface area contributed by atoms with Gasteiger partial charge in [-0.15, -0.1) is 8.78 Å². The minimum atomic E-state index is -3.69. The Morgan fingerprint density at radius 1 is 1.13 bits per heavy atom. The van der Waals surface area contributed by atoms with Crippen molar-refractivity contribution in [2.45, 2.75) is 49.7 Å². The van der Waals surface area contributed by atoms with E-state index in [1.165, 1.54) is 37.1 Å². The zero-order chi connectivity index (χ0) is 20.5. The van der Waals surface area contributed by atoms with Crippen LogP contribution in [0.25, 0.3) is 10.9 Å². The van der Waals surface area contributed by atoms with E-state index in [2.05, 4.69) is 25.5 Å². The number of nitrogens with one attached hydrogen (secondary N) is 1. The molecule has 2 aliphatic carbocycles. The van der Waals surface area contributed by atoms with Gasteiger partial charge in [0.2, 0.25) is 5.88 Å². The molecule has 0 unspecified atom stereocenters. The van der Waals surface area contributed by atoms with Crippen LogP contribution in [0.3, 0.4) is 0 Å². The lowest BCUT2D eigenvalue weighted by Crippen LogP contribution is -2.26. The first-order valence-corrected chi connectivity index (χ1v) is 10.0. The van der Waals surface area contributed by atoms with Gasteiger partial charge in [-0.3, -0.25) is 4.79 Å². The van der Waals surface area contributed by atoms with Gasteiger partial charge < -0.3 is 19.2 Å². The standard InChI is InChI=1S/C22H18F2N2O4/c23-22(24)29-17-5-4-14(10-18(17)30-22)21(6-7-21)20(27)28-19-9-13-8-15(12-2-1-3-12)26-16(13)11-25-19/h4-5,8-12,26H,1-3,6-7H2. The lowest BCUT2D eigenvalue weighted by atomic mass is 9.83. The van der Waals surface area contributed by atoms with Crippen LogP contribution in [0.2, 0.25) is 0 Å². The molecule has 6 nitrogen and oxygen atoms in total. The maximum atomic E-state index is 13.3. The Balaban J connectivity index is 1.24. The van der Waals surface area contributed by atoms with Crippen molar-refractivity contribution in [2.75, 3.05) is 0 Å². The Morgan fingerprint density at radius 3 is 2.67 bits per heavy atom. The molecule has 3 aliphatic rings. The second-order valence-corrected chi connectivity index (χ2v) is 8.26. The van der Waals surface area contributed by atoms with Crippen molar-refractivity contribution < 1.29 is 27.8 Å². The monoisotopic (exact) mass is 412 g/mol. The van der Waals surface area contributed by atoms with Crippen LogP contribution in [-0.4, -0.2) is 22.2 Å². The zero-order valence-corrected chi connectivity index (χ0v) is 15.9. The number of fused-ring (bicyclic) bond motifs is 2. The van der Waals surface area contributed by atoms with Gasteiger partial charge >= 0.3 is 12.3 Å². The number of H-pyrrole nitrogens is 1. The van der Waals surface area contributed by atoms with Crippen LogP contribution < -0.4 is 14.2 Å². The number of alkyl halides is 2. The summed E-state index contributed by atoms with van der Waals surface area (Å²) in [6, 6.07) is 8.26. The second kappa shape index (κ2) is 5.93. The SMILES string of the molecule is O=C(Oc1cc2cc(C3CCC3)[nH]c2cn1)C1(c2ccc3c(c2)OC(F)(F)O3)CC1. The number of carbonyl (C=O) groups is 1. The molecule has 154 valence electrons. The number of rotatable bonds is 4. The normalized spacial score (nSPS) is 20.7. The largest absolute Gasteiger partial charge is 0.586 e. The van der Waals surface area contributed by atoms with Crippen LogP contribution in [0.5, 0.6) is 17.4 Å². The van der Waals surface area contributed by atoms with E-state index in [1.54, 1.807) is 18.3 Å². The third kappa shape index (κ3) is 2.74. The van der Waals surface area contributed by atoms with Gasteiger partial charge in [0, 0.05) is 17.1 Å². The smallest absolute Gasteiger partial charge is 0.407 e. The highest BCUT2D eigenvalue weighted by molar-refractivity contribution is 5.89. The molecular weight excluding hydrogens is 394 g/mol. The van der Waals surface area contributed by atoms with Crippen LogP contribution in [0, 0.1) is 0 Å². The van der Waals surface area contributed by atoms with Gasteiger partial charge in [0.1, 0.15) is 0 Å². The quantitative estimate of drug-likeness (QED) is 0.624. The molecule has 1 N–H and O–H groups in total. The van der Waals surface area contributed by atoms with E-state index in [0.29, 0.717) is 24.3 Å². The average molecular weight is 412 g/mol. The number of aromatic nitrogens is 2. The predicted molar refractivity (Wildman–Crippen MR) is 102 cm³/mol. The van der Waals surface area contributed by atoms with Crippen LogP contribution in [0.1, 0.15) is 49.3 Å². The molecule has 2 saturated carbocycles. The fraction of sp³-hybridized carbons (Fsp3) is 0.364. The molecule has 6 rings (SSSR count). The first-order chi connectivity index (χ1) is 14.4. The molecule has 0 bridgehead atoms. The fourth-order valence-corrected chi connectivity index (χ4v) is 4.20. The molecule has 0 spiro atoms. The van der Waals surface area contributed by atoms with E-state index >= 15 is 0 Å². The molecule has 0 amide bonds. The molecule has 8 heteroatoms. The maximum Gasteiger partial charge on any atom is 0.586 e. The third-order valence-electron chi connectivity index (χ3n) is 6.34. The molecule has 0 saturated heterocycles. The van der Waals surface area contributed by atoms with Crippen molar-refractivity contribution in [2.24, 2.45) is 0 Å². The van der Waals surface area contributed by atoms with Crippen LogP contribution in [0.15, 0.2) is 36.5 Å². The number of ether oxygens (including phenoxy) is 3. The predicted octanol–water partition coefficient (Wildman–Crippen LogP) is 4.79. The first-order valence-electron chi connectivity index (χ1n) is 10.0. The number of halogens is 2. The summed E-state index contributed by atoms with van der Waals surface area (Å²) in [5, 5.41) is 0.949. The number of hydrogen-bond donors (Lipinski definition) is 1. The summed E-state index contributed by atoms with van der Waals surface area (Å²) < 4.78 is 41.1. The van der Waals surface area contributed by atoms with E-state index < -0.39 is 17.7 Å². The van der Waals surface area contributed by atoms with Crippen LogP contribution >= 0.6 is 0 Å². The summed E-state index contributed by atoms with van der Waals surface area (Å²) in [6.45, 7) is 0. The van der Waals surface area contributed by atoms with Crippen molar-refractivity contribution >= 4 is 16.9 Å². The maximum absolute atomic E-state index is 13.3. The van der Waals surface area contributed by atoms with E-state index in [0.717, 1.165) is 10.9 Å². The van der Waals surface area contributed by atoms with Crippen molar-refractivity contribution in [3.8, 4) is 17.4 Å². The van der Waals surface area contributed by atoms with Crippen molar-refractivity contribution in [1.82, 2.24) is 9.97 Å². The Kier molecular flexibility index (Phi) is 3.50. The highest BCUT2D eigenvalue weighted by Crippen LogP contribution is 2.52. The Morgan fingerprint density at radius 2 is 1.93 bits per heavy atom. The molecule has 1 aromatic carbocycles. The second-order valence-electron chi connectivity index (χ2n) is 8.26. The summed E-state index contributed by atoms with van der Waals surface area (Å²) in [6.07, 6.45) is 2.74. The molecule has 0 radical (unpaired) electrons. The summed E-state index contributed by atoms with van der Waals surface area (Å²) in [5.41, 5.74) is 1.80. The molecular formula is C22H18F2N2O4. The fourth-order valence-electron chi connectivity index (χ4n) is 4.20. The minimum Gasteiger partial charge on any atom is -0.407 e. The molecule has 0 atom stereocenters. The Hall–Kier alpha value is -3.16. The van der Waals surface area contributed by atoms with Gasteiger partial charge in [-0.1, -0.05) is 12.5 Å². The minimum absolute atomic E-state index is 0.0465. The molecule has 3 heterocycles. The van der Waals surface area contributed by atoms with Crippen LogP contribution in [-0.2, 0) is 10.2 Å². The number of nitrogens with zero attached hydrogens (tertiary/aromatic N) is 1. The summed E-state index contributed by atoms with van der Waals surface area (Å²) in [5.74, 6) is 0.221. The average Bonchev–Trinajstić information content (AvgIpc) is 3.27. The van der Waals surface area contributed by atoms with Gasteiger partial charge in [-0.05, 0) is 55.4 Å². The number of aromatic amines is 1. The van der Waals surface area contributed by atoms with Crippen molar-refractivity contribution in [1.29, 1.82) is 0 Å². The lowest BCUT2D eigenvalue weighted by Gasteiger charge is -2.23. The Bertz CT molecular complexity index is 1180. The van der Waals surface area contributed by atoms with Gasteiger partial charge in [-0.25, -0.2) is 4.98 Å². The number of pyridine rings is 1. The Labute approximate surface area is 170 Å². The molecule has 1 aliphatic heterocycles.